The van der Waals surface area contributed by atoms with Gasteiger partial charge in [-0.05, 0) is 63.6 Å². The molecule has 2 unspecified atom stereocenters. The van der Waals surface area contributed by atoms with Crippen LogP contribution in [0.4, 0.5) is 5.69 Å². The van der Waals surface area contributed by atoms with Crippen molar-refractivity contribution in [2.75, 3.05) is 11.9 Å². The largest absolute Gasteiger partial charge is 0.468 e. The molecule has 1 aromatic carbocycles. The number of amides is 3. The van der Waals surface area contributed by atoms with E-state index in [1.54, 1.807) is 25.1 Å². The Balaban J connectivity index is 1.17. The molecular weight excluding hydrogens is 721 g/mol. The lowest BCUT2D eigenvalue weighted by molar-refractivity contribution is -0.140. The van der Waals surface area contributed by atoms with E-state index in [-0.39, 0.29) is 42.5 Å². The van der Waals surface area contributed by atoms with Gasteiger partial charge in [-0.2, -0.15) is 0 Å². The highest BCUT2D eigenvalue weighted by molar-refractivity contribution is 8.14. The molecule has 50 heavy (non-hydrogen) atoms. The Kier molecular flexibility index (Phi) is 9.81. The third-order valence-corrected chi connectivity index (χ3v) is 14.6. The van der Waals surface area contributed by atoms with Gasteiger partial charge in [-0.3, -0.25) is 19.1 Å². The average molecular weight is 763 g/mol. The maximum Gasteiger partial charge on any atom is 0.259 e. The number of aliphatic imine (C=N–C) groups is 1. The number of halogens is 2. The van der Waals surface area contributed by atoms with Crippen molar-refractivity contribution in [3.63, 3.8) is 0 Å². The topological polar surface area (TPSA) is 146 Å². The van der Waals surface area contributed by atoms with Gasteiger partial charge in [0, 0.05) is 18.0 Å². The van der Waals surface area contributed by atoms with Gasteiger partial charge in [0.15, 0.2) is 0 Å². The lowest BCUT2D eigenvalue weighted by Crippen LogP contribution is -2.58. The van der Waals surface area contributed by atoms with Crippen LogP contribution in [0.5, 0.6) is 0 Å². The van der Waals surface area contributed by atoms with Gasteiger partial charge in [0.05, 0.1) is 32.6 Å². The number of carbonyl (C=O) groups excluding carboxylic acids is 3. The fourth-order valence-corrected chi connectivity index (χ4v) is 9.68. The normalized spacial score (nSPS) is 33.8. The first-order valence-corrected chi connectivity index (χ1v) is 20.3. The monoisotopic (exact) mass is 761 g/mol. The Bertz CT molecular complexity index is 1800. The lowest BCUT2D eigenvalue weighted by atomic mass is 10.0. The van der Waals surface area contributed by atoms with Crippen molar-refractivity contribution < 1.29 is 27.5 Å². The number of thioether (sulfide) groups is 1. The van der Waals surface area contributed by atoms with Gasteiger partial charge in [0.1, 0.15) is 23.7 Å². The molecule has 3 fully saturated rings. The quantitative estimate of drug-likeness (QED) is 0.339. The minimum atomic E-state index is -3.94. The van der Waals surface area contributed by atoms with Crippen molar-refractivity contribution >= 4 is 73.6 Å². The van der Waals surface area contributed by atoms with Crippen LogP contribution in [-0.4, -0.2) is 82.6 Å². The molecule has 11 nitrogen and oxygen atoms in total. The summed E-state index contributed by atoms with van der Waals surface area (Å²) in [5.41, 5.74) is -0.828. The Labute approximate surface area is 306 Å². The van der Waals surface area contributed by atoms with Crippen molar-refractivity contribution in [1.29, 1.82) is 0 Å². The van der Waals surface area contributed by atoms with Crippen LogP contribution >= 0.6 is 35.0 Å². The number of rotatable bonds is 6. The van der Waals surface area contributed by atoms with E-state index in [2.05, 4.69) is 21.4 Å². The summed E-state index contributed by atoms with van der Waals surface area (Å²) >= 11 is 14.0. The summed E-state index contributed by atoms with van der Waals surface area (Å²) in [6.45, 7) is 1.74. The second-order valence-corrected chi connectivity index (χ2v) is 18.4. The Hall–Kier alpha value is -3.00. The van der Waals surface area contributed by atoms with Gasteiger partial charge in [0.25, 0.3) is 5.91 Å². The van der Waals surface area contributed by atoms with E-state index in [1.165, 1.54) is 16.7 Å². The molecule has 0 spiro atoms. The summed E-state index contributed by atoms with van der Waals surface area (Å²) in [6, 6.07) is 3.38. The molecule has 7 rings (SSSR count). The number of ether oxygens (including phenoxy) is 1. The van der Waals surface area contributed by atoms with E-state index in [9.17, 15) is 22.8 Å². The lowest BCUT2D eigenvalue weighted by Gasteiger charge is -2.30. The van der Waals surface area contributed by atoms with Crippen LogP contribution in [0.25, 0.3) is 0 Å². The smallest absolute Gasteiger partial charge is 0.259 e. The Morgan fingerprint density at radius 1 is 1.10 bits per heavy atom. The molecule has 7 atom stereocenters. The molecule has 1 aromatic rings. The van der Waals surface area contributed by atoms with Crippen molar-refractivity contribution in [3.05, 3.63) is 64.7 Å². The minimum Gasteiger partial charge on any atom is -0.468 e. The third-order valence-electron chi connectivity index (χ3n) is 10.6. The highest BCUT2D eigenvalue weighted by Crippen LogP contribution is 2.47. The van der Waals surface area contributed by atoms with Crippen LogP contribution < -0.4 is 15.4 Å². The van der Waals surface area contributed by atoms with E-state index in [4.69, 9.17) is 32.9 Å². The van der Waals surface area contributed by atoms with E-state index < -0.39 is 50.3 Å². The van der Waals surface area contributed by atoms with Crippen LogP contribution in [0.15, 0.2) is 59.6 Å². The summed E-state index contributed by atoms with van der Waals surface area (Å²) in [4.78, 5) is 48.8. The number of sulfonamides is 1. The summed E-state index contributed by atoms with van der Waals surface area (Å²) < 4.78 is 33.8. The van der Waals surface area contributed by atoms with Gasteiger partial charge >= 0.3 is 0 Å². The predicted octanol–water partition coefficient (Wildman–Crippen LogP) is 5.12. The first-order valence-electron chi connectivity index (χ1n) is 17.2. The first kappa shape index (κ1) is 35.4. The number of nitrogens with one attached hydrogen (secondary N) is 3. The fourth-order valence-electron chi connectivity index (χ4n) is 7.00. The molecule has 3 aliphatic carbocycles. The summed E-state index contributed by atoms with van der Waals surface area (Å²) in [5.74, 6) is -1.95. The number of anilines is 1. The van der Waals surface area contributed by atoms with Crippen LogP contribution in [0.1, 0.15) is 64.7 Å². The number of benzene rings is 1. The summed E-state index contributed by atoms with van der Waals surface area (Å²) in [5, 5.41) is 7.64. The van der Waals surface area contributed by atoms with Gasteiger partial charge < -0.3 is 20.3 Å². The maximum atomic E-state index is 14.5. The average Bonchev–Trinajstić information content (AvgIpc) is 3.88. The van der Waals surface area contributed by atoms with E-state index in [1.807, 2.05) is 30.4 Å². The molecule has 2 saturated carbocycles. The molecule has 268 valence electrons. The summed E-state index contributed by atoms with van der Waals surface area (Å²) in [7, 11) is -3.94. The number of fused-ring (bicyclic) bond motifs is 3. The zero-order valence-corrected chi connectivity index (χ0v) is 30.8. The zero-order valence-electron chi connectivity index (χ0n) is 27.6. The minimum absolute atomic E-state index is 0.0380. The molecule has 1 saturated heterocycles. The van der Waals surface area contributed by atoms with Gasteiger partial charge in [-0.15, -0.1) is 0 Å². The first-order chi connectivity index (χ1) is 23.9. The number of nitrogens with zero attached hydrogens (tertiary/aromatic N) is 2. The standard InChI is InChI=1S/C35H41Cl2N5O6S2/c1-34(15-16-34)50(46,47)41-32(45)35-19-21(35)9-5-3-2-4-6-11-27(38-22-13-14-24(36)25(37)17-22)31(44)42-20-23(18-28(42)30(43)40-35)48-33-39-26-10-7-8-12-29(26)49-33/h5,7-10,12-14,17,21,23,26-29,38H,2-4,6,11,15-16,18-20H2,1H3,(H,40,43)(H,41,45)/b9-5-/t21-,23-,26?,27+,28+,29?,35-/m1/s1. The molecule has 15 heteroatoms. The maximum absolute atomic E-state index is 14.5. The highest BCUT2D eigenvalue weighted by Gasteiger charge is 2.63. The van der Waals surface area contributed by atoms with E-state index in [0.29, 0.717) is 40.2 Å². The van der Waals surface area contributed by atoms with Crippen LogP contribution in [0, 0.1) is 5.92 Å². The third kappa shape index (κ3) is 7.20. The van der Waals surface area contributed by atoms with Crippen LogP contribution in [0.3, 0.4) is 0 Å². The van der Waals surface area contributed by atoms with E-state index >= 15 is 0 Å². The zero-order chi connectivity index (χ0) is 35.3. The van der Waals surface area contributed by atoms with Crippen molar-refractivity contribution in [2.24, 2.45) is 10.9 Å². The van der Waals surface area contributed by atoms with Crippen molar-refractivity contribution in [1.82, 2.24) is 14.9 Å². The molecule has 0 bridgehead atoms. The molecule has 0 radical (unpaired) electrons. The van der Waals surface area contributed by atoms with Crippen LogP contribution in [-0.2, 0) is 29.1 Å². The second kappa shape index (κ2) is 13.9. The van der Waals surface area contributed by atoms with Gasteiger partial charge in [0.2, 0.25) is 27.1 Å². The fraction of sp³-hybridized carbons (Fsp3) is 0.543. The summed E-state index contributed by atoms with van der Waals surface area (Å²) in [6.07, 6.45) is 16.5. The van der Waals surface area contributed by atoms with E-state index in [0.717, 1.165) is 25.7 Å². The molecule has 3 aliphatic heterocycles. The predicted molar refractivity (Wildman–Crippen MR) is 196 cm³/mol. The van der Waals surface area contributed by atoms with Crippen molar-refractivity contribution in [2.45, 2.75) is 104 Å². The molecule has 0 aromatic heterocycles. The van der Waals surface area contributed by atoms with Crippen LogP contribution in [0.2, 0.25) is 10.0 Å². The molecule has 6 aliphatic rings. The molecule has 3 heterocycles. The molecule has 3 N–H and O–H groups in total. The van der Waals surface area contributed by atoms with Gasteiger partial charge in [-0.25, -0.2) is 13.4 Å². The number of allylic oxidation sites excluding steroid dienone is 3. The Morgan fingerprint density at radius 2 is 1.90 bits per heavy atom. The highest BCUT2D eigenvalue weighted by atomic mass is 35.5. The number of hydrogen-bond acceptors (Lipinski definition) is 9. The number of hydrogen-bond donors (Lipinski definition) is 3. The molecular formula is C35H41Cl2N5O6S2. The second-order valence-electron chi connectivity index (χ2n) is 14.3. The van der Waals surface area contributed by atoms with Crippen molar-refractivity contribution in [3.8, 4) is 0 Å². The molecule has 3 amide bonds. The SMILES string of the molecule is CC1(S(=O)(=O)NC(=O)[C@@]23C[C@H]2/C=C\CCCCC[C@H](Nc2ccc(Cl)c(Cl)c2)C(=O)N2C[C@H](OC4=NC5C=CC=CC5S4)C[C@H]2C(=O)N3)CC1. The Morgan fingerprint density at radius 3 is 2.66 bits per heavy atom. The van der Waals surface area contributed by atoms with Gasteiger partial charge in [-0.1, -0.05) is 84.3 Å². The number of carbonyl (C=O) groups is 3.